The van der Waals surface area contributed by atoms with Crippen molar-refractivity contribution in [3.8, 4) is 0 Å². The fraction of sp³-hybridized carbons (Fsp3) is 0.391. The van der Waals surface area contributed by atoms with E-state index in [1.807, 2.05) is 23.1 Å². The van der Waals surface area contributed by atoms with Crippen LogP contribution >= 0.6 is 11.3 Å². The topological polar surface area (TPSA) is 36.4 Å². The van der Waals surface area contributed by atoms with E-state index >= 15 is 0 Å². The van der Waals surface area contributed by atoms with E-state index in [-0.39, 0.29) is 5.91 Å². The number of carbonyl (C=O) groups is 1. The zero-order valence-electron chi connectivity index (χ0n) is 16.0. The van der Waals surface area contributed by atoms with Crippen molar-refractivity contribution < 1.29 is 4.79 Å². The molecule has 1 aliphatic carbocycles. The number of thiazole rings is 1. The summed E-state index contributed by atoms with van der Waals surface area (Å²) < 4.78 is 0. The Morgan fingerprint density at radius 1 is 1.04 bits per heavy atom. The highest BCUT2D eigenvalue weighted by Crippen LogP contribution is 2.40. The smallest absolute Gasteiger partial charge is 0.227 e. The van der Waals surface area contributed by atoms with Crippen LogP contribution in [0.4, 0.5) is 0 Å². The van der Waals surface area contributed by atoms with Crippen molar-refractivity contribution in [1.82, 2.24) is 14.8 Å². The molecule has 4 nitrogen and oxygen atoms in total. The van der Waals surface area contributed by atoms with Crippen molar-refractivity contribution in [2.24, 2.45) is 0 Å². The predicted octanol–water partition coefficient (Wildman–Crippen LogP) is 4.06. The van der Waals surface area contributed by atoms with Gasteiger partial charge in [-0.1, -0.05) is 42.5 Å². The number of carbonyl (C=O) groups excluding carboxylic acids is 1. The molecule has 144 valence electrons. The van der Waals surface area contributed by atoms with Gasteiger partial charge in [0.25, 0.3) is 0 Å². The van der Waals surface area contributed by atoms with Crippen molar-refractivity contribution in [2.45, 2.75) is 31.7 Å². The van der Waals surface area contributed by atoms with Gasteiger partial charge in [0.2, 0.25) is 5.91 Å². The van der Waals surface area contributed by atoms with Crippen LogP contribution in [-0.4, -0.2) is 46.9 Å². The summed E-state index contributed by atoms with van der Waals surface area (Å²) >= 11 is 1.79. The third-order valence-electron chi connectivity index (χ3n) is 5.87. The first kappa shape index (κ1) is 17.8. The second kappa shape index (κ2) is 7.64. The number of benzene rings is 2. The number of nitrogens with zero attached hydrogens (tertiary/aromatic N) is 3. The van der Waals surface area contributed by atoms with Crippen LogP contribution in [0.1, 0.15) is 35.0 Å². The van der Waals surface area contributed by atoms with Gasteiger partial charge in [-0.25, -0.2) is 4.98 Å². The van der Waals surface area contributed by atoms with Gasteiger partial charge >= 0.3 is 0 Å². The summed E-state index contributed by atoms with van der Waals surface area (Å²) in [5.74, 6) is 0.967. The molecule has 0 spiro atoms. The lowest BCUT2D eigenvalue weighted by Crippen LogP contribution is -2.48. The molecule has 0 atom stereocenters. The zero-order valence-corrected chi connectivity index (χ0v) is 16.8. The molecule has 0 radical (unpaired) electrons. The van der Waals surface area contributed by atoms with Gasteiger partial charge in [0.15, 0.2) is 0 Å². The Hall–Kier alpha value is -2.24. The molecule has 2 aromatic carbocycles. The van der Waals surface area contributed by atoms with Crippen LogP contribution in [0, 0.1) is 0 Å². The van der Waals surface area contributed by atoms with E-state index in [2.05, 4.69) is 34.5 Å². The monoisotopic (exact) mass is 391 g/mol. The molecule has 1 saturated heterocycles. The molecular formula is C23H25N3OS. The van der Waals surface area contributed by atoms with E-state index in [4.69, 9.17) is 4.98 Å². The van der Waals surface area contributed by atoms with Crippen LogP contribution in [0.2, 0.25) is 0 Å². The summed E-state index contributed by atoms with van der Waals surface area (Å²) in [6.45, 7) is 4.40. The number of piperazine rings is 1. The maximum atomic E-state index is 12.9. The van der Waals surface area contributed by atoms with Crippen molar-refractivity contribution in [1.29, 1.82) is 0 Å². The van der Waals surface area contributed by atoms with Gasteiger partial charge in [0.1, 0.15) is 5.01 Å². The van der Waals surface area contributed by atoms with Gasteiger partial charge in [0.05, 0.1) is 18.7 Å². The Labute approximate surface area is 169 Å². The third-order valence-corrected chi connectivity index (χ3v) is 6.72. The van der Waals surface area contributed by atoms with E-state index in [9.17, 15) is 4.79 Å². The van der Waals surface area contributed by atoms with Gasteiger partial charge in [-0.15, -0.1) is 11.3 Å². The molecule has 2 aliphatic rings. The Morgan fingerprint density at radius 2 is 1.82 bits per heavy atom. The molecular weight excluding hydrogens is 366 g/mol. The minimum Gasteiger partial charge on any atom is -0.340 e. The molecule has 1 aromatic heterocycles. The molecule has 3 aromatic rings. The van der Waals surface area contributed by atoms with Gasteiger partial charge in [-0.05, 0) is 29.2 Å². The first-order valence-corrected chi connectivity index (χ1v) is 11.1. The molecule has 5 rings (SSSR count). The first-order valence-electron chi connectivity index (χ1n) is 10.2. The maximum Gasteiger partial charge on any atom is 0.227 e. The van der Waals surface area contributed by atoms with E-state index < -0.39 is 0 Å². The van der Waals surface area contributed by atoms with Gasteiger partial charge in [-0.2, -0.15) is 0 Å². The molecule has 1 aliphatic heterocycles. The third kappa shape index (κ3) is 3.82. The highest BCUT2D eigenvalue weighted by molar-refractivity contribution is 7.09. The second-order valence-corrected chi connectivity index (χ2v) is 8.86. The number of rotatable bonds is 5. The van der Waals surface area contributed by atoms with Crippen molar-refractivity contribution >= 4 is 28.0 Å². The van der Waals surface area contributed by atoms with E-state index in [1.54, 1.807) is 11.3 Å². The number of fused-ring (bicyclic) bond motifs is 1. The van der Waals surface area contributed by atoms with Crippen LogP contribution in [0.5, 0.6) is 0 Å². The zero-order chi connectivity index (χ0) is 18.9. The van der Waals surface area contributed by atoms with Crippen LogP contribution in [-0.2, 0) is 17.8 Å². The number of aromatic nitrogens is 1. The van der Waals surface area contributed by atoms with Crippen LogP contribution in [0.15, 0.2) is 47.8 Å². The first-order chi connectivity index (χ1) is 13.8. The Bertz CT molecular complexity index is 981. The lowest BCUT2D eigenvalue weighted by atomic mass is 10.0. The van der Waals surface area contributed by atoms with Gasteiger partial charge in [-0.3, -0.25) is 9.69 Å². The Balaban J connectivity index is 1.17. The van der Waals surface area contributed by atoms with Crippen molar-refractivity contribution in [2.75, 3.05) is 26.2 Å². The normalized spacial score (nSPS) is 17.9. The van der Waals surface area contributed by atoms with E-state index in [0.29, 0.717) is 6.42 Å². The molecule has 0 unspecified atom stereocenters. The molecule has 0 bridgehead atoms. The lowest BCUT2D eigenvalue weighted by Gasteiger charge is -2.34. The predicted molar refractivity (Wildman–Crippen MR) is 114 cm³/mol. The van der Waals surface area contributed by atoms with Crippen molar-refractivity contribution in [3.05, 3.63) is 64.1 Å². The number of hydrogen-bond donors (Lipinski definition) is 0. The maximum absolute atomic E-state index is 12.9. The highest BCUT2D eigenvalue weighted by Gasteiger charge is 2.27. The van der Waals surface area contributed by atoms with E-state index in [0.717, 1.165) is 44.2 Å². The second-order valence-electron chi connectivity index (χ2n) is 7.91. The summed E-state index contributed by atoms with van der Waals surface area (Å²) in [4.78, 5) is 22.1. The minimum atomic E-state index is 0.237. The summed E-state index contributed by atoms with van der Waals surface area (Å²) in [7, 11) is 0. The quantitative estimate of drug-likeness (QED) is 0.658. The summed E-state index contributed by atoms with van der Waals surface area (Å²) in [5.41, 5.74) is 2.42. The molecule has 2 heterocycles. The molecule has 1 amide bonds. The Morgan fingerprint density at radius 3 is 2.64 bits per heavy atom. The summed E-state index contributed by atoms with van der Waals surface area (Å²) in [6, 6.07) is 14.5. The number of hydrogen-bond acceptors (Lipinski definition) is 4. The van der Waals surface area contributed by atoms with Crippen LogP contribution in [0.3, 0.4) is 0 Å². The average Bonchev–Trinajstić information content (AvgIpc) is 3.48. The summed E-state index contributed by atoms with van der Waals surface area (Å²) in [6.07, 6.45) is 3.10. The fourth-order valence-corrected chi connectivity index (χ4v) is 4.95. The molecule has 2 fully saturated rings. The Kier molecular flexibility index (Phi) is 4.87. The van der Waals surface area contributed by atoms with Crippen molar-refractivity contribution in [3.63, 3.8) is 0 Å². The molecule has 5 heteroatoms. The highest BCUT2D eigenvalue weighted by atomic mass is 32.1. The average molecular weight is 392 g/mol. The largest absolute Gasteiger partial charge is 0.340 e. The van der Waals surface area contributed by atoms with Gasteiger partial charge in [0, 0.05) is 37.5 Å². The standard InChI is InChI=1S/C23H25N3OS/c27-23(14-19-6-3-5-17-4-1-2-7-20(17)19)26-12-10-25(11-13-26)15-22-24-21(16-28-22)18-8-9-18/h1-7,16,18H,8-15H2. The minimum absolute atomic E-state index is 0.237. The molecule has 28 heavy (non-hydrogen) atoms. The number of amides is 1. The lowest BCUT2D eigenvalue weighted by molar-refractivity contribution is -0.132. The molecule has 1 saturated carbocycles. The SMILES string of the molecule is O=C(Cc1cccc2ccccc12)N1CCN(Cc2nc(C3CC3)cs2)CC1. The van der Waals surface area contributed by atoms with E-state index in [1.165, 1.54) is 34.3 Å². The summed E-state index contributed by atoms with van der Waals surface area (Å²) in [5, 5.41) is 5.84. The van der Waals surface area contributed by atoms with Crippen LogP contribution < -0.4 is 0 Å². The van der Waals surface area contributed by atoms with Crippen LogP contribution in [0.25, 0.3) is 10.8 Å². The fourth-order valence-electron chi connectivity index (χ4n) is 4.03. The van der Waals surface area contributed by atoms with Gasteiger partial charge < -0.3 is 4.90 Å². The molecule has 0 N–H and O–H groups in total.